The zero-order chi connectivity index (χ0) is 18.0. The van der Waals surface area contributed by atoms with Gasteiger partial charge in [-0.05, 0) is 55.2 Å². The Labute approximate surface area is 162 Å². The molecule has 1 fully saturated rings. The molecule has 0 heterocycles. The van der Waals surface area contributed by atoms with Gasteiger partial charge in [-0.3, -0.25) is 0 Å². The summed E-state index contributed by atoms with van der Waals surface area (Å²) in [6, 6.07) is 11.9. The summed E-state index contributed by atoms with van der Waals surface area (Å²) in [4.78, 5) is 0.141. The second kappa shape index (κ2) is 7.85. The second-order valence-corrected chi connectivity index (χ2v) is 9.59. The highest BCUT2D eigenvalue weighted by Crippen LogP contribution is 2.35. The van der Waals surface area contributed by atoms with Crippen LogP contribution in [-0.4, -0.2) is 19.8 Å². The van der Waals surface area contributed by atoms with E-state index in [1.807, 2.05) is 24.3 Å². The smallest absolute Gasteiger partial charge is 0.182 e. The molecule has 3 rings (SSSR count). The molecular formula is C18H17Cl3O3S. The monoisotopic (exact) mass is 418 g/mol. The number of hydrogen-bond acceptors (Lipinski definition) is 3. The van der Waals surface area contributed by atoms with Crippen LogP contribution < -0.4 is 0 Å². The van der Waals surface area contributed by atoms with E-state index >= 15 is 0 Å². The predicted octanol–water partition coefficient (Wildman–Crippen LogP) is 5.56. The molecular weight excluding hydrogens is 403 g/mol. The Morgan fingerprint density at radius 1 is 0.960 bits per heavy atom. The van der Waals surface area contributed by atoms with Gasteiger partial charge >= 0.3 is 0 Å². The van der Waals surface area contributed by atoms with E-state index in [-0.39, 0.29) is 16.0 Å². The third-order valence-corrected chi connectivity index (χ3v) is 7.56. The minimum Gasteiger partial charge on any atom is -0.373 e. The molecule has 0 saturated heterocycles. The van der Waals surface area contributed by atoms with Crippen molar-refractivity contribution in [3.63, 3.8) is 0 Å². The highest BCUT2D eigenvalue weighted by molar-refractivity contribution is 7.92. The summed E-state index contributed by atoms with van der Waals surface area (Å²) in [5, 5.41) is 0.773. The third kappa shape index (κ3) is 4.50. The summed E-state index contributed by atoms with van der Waals surface area (Å²) in [6.45, 7) is 0.441. The normalized spacial score (nSPS) is 20.8. The fourth-order valence-electron chi connectivity index (χ4n) is 3.01. The van der Waals surface area contributed by atoms with Crippen LogP contribution in [0.3, 0.4) is 0 Å². The number of rotatable bonds is 5. The molecule has 0 bridgehead atoms. The molecule has 0 aromatic heterocycles. The fraction of sp³-hybridized carbons (Fsp3) is 0.333. The molecule has 2 aromatic carbocycles. The highest BCUT2D eigenvalue weighted by Gasteiger charge is 2.36. The summed E-state index contributed by atoms with van der Waals surface area (Å²) in [5.74, 6) is 0. The van der Waals surface area contributed by atoms with Crippen LogP contribution in [0.15, 0.2) is 47.4 Å². The lowest BCUT2D eigenvalue weighted by Crippen LogP contribution is -2.20. The van der Waals surface area contributed by atoms with E-state index in [9.17, 15) is 8.42 Å². The molecule has 0 radical (unpaired) electrons. The predicted molar refractivity (Wildman–Crippen MR) is 101 cm³/mol. The Hall–Kier alpha value is -0.780. The average Bonchev–Trinajstić information content (AvgIpc) is 3.04. The Morgan fingerprint density at radius 3 is 2.32 bits per heavy atom. The molecule has 1 saturated carbocycles. The summed E-state index contributed by atoms with van der Waals surface area (Å²) < 4.78 is 31.5. The number of halogens is 3. The molecule has 0 N–H and O–H groups in total. The van der Waals surface area contributed by atoms with E-state index in [0.717, 1.165) is 5.56 Å². The largest absolute Gasteiger partial charge is 0.373 e. The van der Waals surface area contributed by atoms with Crippen molar-refractivity contribution in [2.24, 2.45) is 0 Å². The Bertz CT molecular complexity index is 850. The van der Waals surface area contributed by atoms with E-state index in [4.69, 9.17) is 39.5 Å². The minimum absolute atomic E-state index is 0.0819. The van der Waals surface area contributed by atoms with E-state index in [1.54, 1.807) is 6.07 Å². The molecule has 25 heavy (non-hydrogen) atoms. The van der Waals surface area contributed by atoms with Crippen molar-refractivity contribution in [1.29, 1.82) is 0 Å². The van der Waals surface area contributed by atoms with Crippen molar-refractivity contribution in [1.82, 2.24) is 0 Å². The molecule has 2 aromatic rings. The van der Waals surface area contributed by atoms with Crippen LogP contribution in [0.1, 0.15) is 24.8 Å². The van der Waals surface area contributed by atoms with Gasteiger partial charge in [-0.15, -0.1) is 0 Å². The van der Waals surface area contributed by atoms with Gasteiger partial charge < -0.3 is 4.74 Å². The molecule has 0 spiro atoms. The Balaban J connectivity index is 1.64. The zero-order valence-electron chi connectivity index (χ0n) is 13.3. The van der Waals surface area contributed by atoms with Crippen molar-refractivity contribution in [2.45, 2.75) is 42.1 Å². The van der Waals surface area contributed by atoms with Gasteiger partial charge in [-0.2, -0.15) is 0 Å². The van der Waals surface area contributed by atoms with Gasteiger partial charge in [0.15, 0.2) is 9.84 Å². The van der Waals surface area contributed by atoms with Gasteiger partial charge in [0.25, 0.3) is 0 Å². The van der Waals surface area contributed by atoms with E-state index in [1.165, 1.54) is 12.1 Å². The average molecular weight is 420 g/mol. The molecule has 1 aliphatic rings. The van der Waals surface area contributed by atoms with Crippen molar-refractivity contribution in [3.05, 3.63) is 63.1 Å². The lowest BCUT2D eigenvalue weighted by molar-refractivity contribution is 0.0458. The standard InChI is InChI=1S/C18H17Cl3O3S/c19-13-3-1-12(2-4-13)11-24-15-6-7-16(10-15)25(22,23)18-8-5-14(20)9-17(18)21/h1-5,8-9,15-16H,6-7,10-11H2. The molecule has 1 aliphatic carbocycles. The van der Waals surface area contributed by atoms with Gasteiger partial charge in [0, 0.05) is 10.0 Å². The summed E-state index contributed by atoms with van der Waals surface area (Å²) in [7, 11) is -3.50. The van der Waals surface area contributed by atoms with Crippen LogP contribution in [0.2, 0.25) is 15.1 Å². The van der Waals surface area contributed by atoms with Crippen LogP contribution >= 0.6 is 34.8 Å². The van der Waals surface area contributed by atoms with Gasteiger partial charge in [0.2, 0.25) is 0 Å². The van der Waals surface area contributed by atoms with Gasteiger partial charge in [-0.25, -0.2) is 8.42 Å². The number of sulfone groups is 1. The molecule has 7 heteroatoms. The molecule has 134 valence electrons. The molecule has 0 amide bonds. The van der Waals surface area contributed by atoms with Gasteiger partial charge in [0.1, 0.15) is 0 Å². The summed E-state index contributed by atoms with van der Waals surface area (Å²) >= 11 is 17.8. The quantitative estimate of drug-likeness (QED) is 0.637. The molecule has 2 atom stereocenters. The summed E-state index contributed by atoms with van der Waals surface area (Å²) in [5.41, 5.74) is 1.01. The first-order chi connectivity index (χ1) is 11.9. The van der Waals surface area contributed by atoms with E-state index < -0.39 is 15.1 Å². The van der Waals surface area contributed by atoms with Crippen molar-refractivity contribution < 1.29 is 13.2 Å². The number of hydrogen-bond donors (Lipinski definition) is 0. The number of benzene rings is 2. The highest BCUT2D eigenvalue weighted by atomic mass is 35.5. The molecule has 2 unspecified atom stereocenters. The van der Waals surface area contributed by atoms with Gasteiger partial charge in [0.05, 0.1) is 27.9 Å². The van der Waals surface area contributed by atoms with E-state index in [2.05, 4.69) is 0 Å². The molecule has 3 nitrogen and oxygen atoms in total. The topological polar surface area (TPSA) is 43.4 Å². The first kappa shape index (κ1) is 19.0. The summed E-state index contributed by atoms with van der Waals surface area (Å²) in [6.07, 6.45) is 1.66. The van der Waals surface area contributed by atoms with Crippen LogP contribution in [0.5, 0.6) is 0 Å². The Kier molecular flexibility index (Phi) is 5.96. The third-order valence-electron chi connectivity index (χ3n) is 4.37. The maximum Gasteiger partial charge on any atom is 0.182 e. The first-order valence-electron chi connectivity index (χ1n) is 7.91. The van der Waals surface area contributed by atoms with Crippen LogP contribution in [0.25, 0.3) is 0 Å². The van der Waals surface area contributed by atoms with Crippen LogP contribution in [0.4, 0.5) is 0 Å². The minimum atomic E-state index is -3.50. The lowest BCUT2D eigenvalue weighted by atomic mass is 10.2. The lowest BCUT2D eigenvalue weighted by Gasteiger charge is -2.15. The van der Waals surface area contributed by atoms with Crippen molar-refractivity contribution >= 4 is 44.6 Å². The maximum absolute atomic E-state index is 12.8. The Morgan fingerprint density at radius 2 is 1.64 bits per heavy atom. The van der Waals surface area contributed by atoms with Crippen LogP contribution in [-0.2, 0) is 21.2 Å². The molecule has 0 aliphatic heterocycles. The van der Waals surface area contributed by atoms with Crippen molar-refractivity contribution in [2.75, 3.05) is 0 Å². The van der Waals surface area contributed by atoms with Crippen molar-refractivity contribution in [3.8, 4) is 0 Å². The maximum atomic E-state index is 12.8. The second-order valence-electron chi connectivity index (χ2n) is 6.11. The van der Waals surface area contributed by atoms with Crippen LogP contribution in [0, 0.1) is 0 Å². The SMILES string of the molecule is O=S(=O)(c1ccc(Cl)cc1Cl)C1CCC(OCc2ccc(Cl)cc2)C1. The van der Waals surface area contributed by atoms with E-state index in [0.29, 0.717) is 35.9 Å². The van der Waals surface area contributed by atoms with Gasteiger partial charge in [-0.1, -0.05) is 46.9 Å². The fourth-order valence-corrected chi connectivity index (χ4v) is 5.73. The zero-order valence-corrected chi connectivity index (χ0v) is 16.4. The number of ether oxygens (including phenoxy) is 1. The first-order valence-corrected chi connectivity index (χ1v) is 10.6.